The first-order valence-electron chi connectivity index (χ1n) is 11.8. The van der Waals surface area contributed by atoms with Crippen molar-refractivity contribution in [1.82, 2.24) is 10.2 Å². The van der Waals surface area contributed by atoms with Gasteiger partial charge in [0.25, 0.3) is 5.69 Å². The maximum Gasteiger partial charge on any atom is 0.271 e. The van der Waals surface area contributed by atoms with Gasteiger partial charge in [0.2, 0.25) is 21.8 Å². The second-order valence-corrected chi connectivity index (χ2v) is 10.5. The number of sulfonamides is 1. The van der Waals surface area contributed by atoms with Crippen LogP contribution in [-0.4, -0.2) is 55.4 Å². The topological polar surface area (TPSA) is 130 Å². The van der Waals surface area contributed by atoms with E-state index in [-0.39, 0.29) is 23.8 Å². The maximum absolute atomic E-state index is 13.6. The molecule has 0 aliphatic heterocycles. The number of nitrogens with zero attached hydrogens (tertiary/aromatic N) is 3. The largest absolute Gasteiger partial charge is 0.354 e. The summed E-state index contributed by atoms with van der Waals surface area (Å²) >= 11 is 0. The molecule has 11 heteroatoms. The van der Waals surface area contributed by atoms with Crippen molar-refractivity contribution in [2.45, 2.75) is 52.6 Å². The number of anilines is 1. The third-order valence-electron chi connectivity index (χ3n) is 5.76. The summed E-state index contributed by atoms with van der Waals surface area (Å²) in [5.74, 6) is -0.902. The van der Waals surface area contributed by atoms with Crippen LogP contribution in [0.25, 0.3) is 0 Å². The van der Waals surface area contributed by atoms with E-state index in [1.54, 1.807) is 13.8 Å². The predicted molar refractivity (Wildman–Crippen MR) is 139 cm³/mol. The van der Waals surface area contributed by atoms with Crippen molar-refractivity contribution in [3.63, 3.8) is 0 Å². The van der Waals surface area contributed by atoms with Crippen LogP contribution in [0, 0.1) is 17.0 Å². The van der Waals surface area contributed by atoms with Crippen molar-refractivity contribution in [2.24, 2.45) is 0 Å². The molecule has 2 aromatic rings. The summed E-state index contributed by atoms with van der Waals surface area (Å²) in [6.45, 7) is 5.37. The molecule has 2 rings (SSSR count). The molecule has 1 atom stereocenters. The van der Waals surface area contributed by atoms with Gasteiger partial charge in [-0.15, -0.1) is 0 Å². The van der Waals surface area contributed by atoms with Crippen molar-refractivity contribution < 1.29 is 22.9 Å². The van der Waals surface area contributed by atoms with Gasteiger partial charge < -0.3 is 10.2 Å². The molecule has 0 saturated carbocycles. The molecular formula is C25H34N4O6S. The Morgan fingerprint density at radius 1 is 1.11 bits per heavy atom. The van der Waals surface area contributed by atoms with Gasteiger partial charge in [0.1, 0.15) is 12.6 Å². The summed E-state index contributed by atoms with van der Waals surface area (Å²) in [6, 6.07) is 12.1. The van der Waals surface area contributed by atoms with E-state index in [1.165, 1.54) is 17.0 Å². The number of hydrogen-bond acceptors (Lipinski definition) is 6. The molecule has 0 spiro atoms. The van der Waals surface area contributed by atoms with Crippen molar-refractivity contribution in [1.29, 1.82) is 0 Å². The Bertz CT molecular complexity index is 1170. The molecule has 1 N–H and O–H groups in total. The molecule has 0 saturated heterocycles. The number of nitrogens with one attached hydrogen (secondary N) is 1. The molecule has 0 radical (unpaired) electrons. The molecule has 2 amide bonds. The Balaban J connectivity index is 2.46. The van der Waals surface area contributed by atoms with Crippen molar-refractivity contribution in [2.75, 3.05) is 23.7 Å². The Hall–Kier alpha value is -3.47. The number of non-ortho nitro benzene ring substituents is 1. The van der Waals surface area contributed by atoms with E-state index < -0.39 is 33.4 Å². The highest BCUT2D eigenvalue weighted by atomic mass is 32.2. The van der Waals surface area contributed by atoms with Crippen LogP contribution in [0.3, 0.4) is 0 Å². The number of benzene rings is 2. The van der Waals surface area contributed by atoms with Gasteiger partial charge in [-0.3, -0.25) is 24.0 Å². The molecule has 2 aromatic carbocycles. The molecule has 0 bridgehead atoms. The van der Waals surface area contributed by atoms with Crippen molar-refractivity contribution >= 4 is 33.2 Å². The molecule has 0 unspecified atom stereocenters. The zero-order chi connectivity index (χ0) is 26.9. The van der Waals surface area contributed by atoms with Crippen LogP contribution < -0.4 is 9.62 Å². The van der Waals surface area contributed by atoms with E-state index in [1.807, 2.05) is 37.3 Å². The highest BCUT2D eigenvalue weighted by molar-refractivity contribution is 7.92. The van der Waals surface area contributed by atoms with Crippen LogP contribution >= 0.6 is 0 Å². The van der Waals surface area contributed by atoms with Gasteiger partial charge in [0, 0.05) is 25.2 Å². The van der Waals surface area contributed by atoms with Gasteiger partial charge in [0.15, 0.2) is 0 Å². The molecule has 36 heavy (non-hydrogen) atoms. The maximum atomic E-state index is 13.6. The van der Waals surface area contributed by atoms with Gasteiger partial charge in [-0.1, -0.05) is 56.7 Å². The zero-order valence-electron chi connectivity index (χ0n) is 21.1. The first-order chi connectivity index (χ1) is 17.0. The monoisotopic (exact) mass is 518 g/mol. The number of unbranched alkanes of at least 4 members (excludes halogenated alkanes) is 1. The highest BCUT2D eigenvalue weighted by Crippen LogP contribution is 2.28. The minimum atomic E-state index is -3.99. The smallest absolute Gasteiger partial charge is 0.271 e. The first kappa shape index (κ1) is 28.8. The lowest BCUT2D eigenvalue weighted by atomic mass is 10.1. The lowest BCUT2D eigenvalue weighted by molar-refractivity contribution is -0.384. The highest BCUT2D eigenvalue weighted by Gasteiger charge is 2.32. The second-order valence-electron chi connectivity index (χ2n) is 8.57. The Morgan fingerprint density at radius 3 is 2.33 bits per heavy atom. The summed E-state index contributed by atoms with van der Waals surface area (Å²) in [4.78, 5) is 38.7. The van der Waals surface area contributed by atoms with Gasteiger partial charge in [-0.2, -0.15) is 0 Å². The standard InChI is InChI=1S/C25H34N4O6S/c1-5-7-15-26-25(31)22(6-2)27(17-20-11-9-8-10-12-20)24(30)18-28(36(4,34)35)23-16-21(29(32)33)14-13-19(23)3/h8-14,16,22H,5-7,15,17-18H2,1-4H3,(H,26,31)/t22-/m0/s1. The average Bonchev–Trinajstić information content (AvgIpc) is 2.82. The Labute approximate surface area is 212 Å². The number of rotatable bonds is 13. The second kappa shape index (κ2) is 13.0. The number of carbonyl (C=O) groups is 2. The summed E-state index contributed by atoms with van der Waals surface area (Å²) in [7, 11) is -3.99. The van der Waals surface area contributed by atoms with E-state index in [0.29, 0.717) is 18.5 Å². The predicted octanol–water partition coefficient (Wildman–Crippen LogP) is 3.39. The number of nitro groups is 1. The van der Waals surface area contributed by atoms with Crippen LogP contribution in [-0.2, 0) is 26.2 Å². The Morgan fingerprint density at radius 2 is 1.78 bits per heavy atom. The molecular weight excluding hydrogens is 484 g/mol. The summed E-state index contributed by atoms with van der Waals surface area (Å²) < 4.78 is 26.3. The zero-order valence-corrected chi connectivity index (χ0v) is 22.0. The van der Waals surface area contributed by atoms with Crippen molar-refractivity contribution in [3.05, 3.63) is 69.8 Å². The lowest BCUT2D eigenvalue weighted by Gasteiger charge is -2.33. The Kier molecular flexibility index (Phi) is 10.4. The van der Waals surface area contributed by atoms with Crippen LogP contribution in [0.4, 0.5) is 11.4 Å². The average molecular weight is 519 g/mol. The van der Waals surface area contributed by atoms with Gasteiger partial charge in [0.05, 0.1) is 16.9 Å². The van der Waals surface area contributed by atoms with Gasteiger partial charge in [-0.05, 0) is 30.9 Å². The fourth-order valence-corrected chi connectivity index (χ4v) is 4.68. The van der Waals surface area contributed by atoms with Crippen LogP contribution in [0.2, 0.25) is 0 Å². The third kappa shape index (κ3) is 7.77. The van der Waals surface area contributed by atoms with Gasteiger partial charge >= 0.3 is 0 Å². The van der Waals surface area contributed by atoms with Gasteiger partial charge in [-0.25, -0.2) is 8.42 Å². The molecule has 0 aromatic heterocycles. The number of carbonyl (C=O) groups excluding carboxylic acids is 2. The number of aryl methyl sites for hydroxylation is 1. The first-order valence-corrected chi connectivity index (χ1v) is 13.7. The number of hydrogen-bond donors (Lipinski definition) is 1. The molecule has 0 fully saturated rings. The van der Waals surface area contributed by atoms with Crippen LogP contribution in [0.15, 0.2) is 48.5 Å². The van der Waals surface area contributed by atoms with Crippen molar-refractivity contribution in [3.8, 4) is 0 Å². The molecule has 0 aliphatic carbocycles. The summed E-state index contributed by atoms with van der Waals surface area (Å²) in [6.07, 6.45) is 2.96. The van der Waals surface area contributed by atoms with E-state index in [0.717, 1.165) is 35.0 Å². The fourth-order valence-electron chi connectivity index (χ4n) is 3.78. The lowest BCUT2D eigenvalue weighted by Crippen LogP contribution is -2.52. The minimum absolute atomic E-state index is 0.0418. The quantitative estimate of drug-likeness (QED) is 0.246. The van der Waals surface area contributed by atoms with Crippen LogP contribution in [0.1, 0.15) is 44.2 Å². The molecule has 196 valence electrons. The normalized spacial score (nSPS) is 12.0. The third-order valence-corrected chi connectivity index (χ3v) is 6.89. The van der Waals surface area contributed by atoms with E-state index >= 15 is 0 Å². The van der Waals surface area contributed by atoms with E-state index in [9.17, 15) is 28.1 Å². The van der Waals surface area contributed by atoms with Crippen LogP contribution in [0.5, 0.6) is 0 Å². The number of amides is 2. The van der Waals surface area contributed by atoms with E-state index in [2.05, 4.69) is 5.32 Å². The summed E-state index contributed by atoms with van der Waals surface area (Å²) in [5, 5.41) is 14.2. The molecule has 10 nitrogen and oxygen atoms in total. The fraction of sp³-hybridized carbons (Fsp3) is 0.440. The van der Waals surface area contributed by atoms with E-state index in [4.69, 9.17) is 0 Å². The minimum Gasteiger partial charge on any atom is -0.354 e. The number of nitro benzene ring substituents is 1. The summed E-state index contributed by atoms with van der Waals surface area (Å²) in [5.41, 5.74) is 0.987. The molecule has 0 aliphatic rings. The SMILES string of the molecule is CCCCNC(=O)[C@H](CC)N(Cc1ccccc1)C(=O)CN(c1cc([N+](=O)[O-])ccc1C)S(C)(=O)=O. The molecule has 0 heterocycles.